The van der Waals surface area contributed by atoms with Crippen LogP contribution in [0.2, 0.25) is 5.02 Å². The van der Waals surface area contributed by atoms with E-state index in [1.54, 1.807) is 6.07 Å². The van der Waals surface area contributed by atoms with E-state index < -0.39 is 0 Å². The number of carbonyl (C=O) groups is 2. The van der Waals surface area contributed by atoms with Crippen molar-refractivity contribution in [2.24, 2.45) is 0 Å². The maximum absolute atomic E-state index is 13.0. The molecule has 2 amide bonds. The third kappa shape index (κ3) is 5.55. The number of hydrogen-bond acceptors (Lipinski definition) is 6. The van der Waals surface area contributed by atoms with Crippen molar-refractivity contribution >= 4 is 23.4 Å². The molecule has 4 heterocycles. The molecule has 0 saturated carbocycles. The Bertz CT molecular complexity index is 1180. The number of nitrogens with one attached hydrogen (secondary N) is 2. The van der Waals surface area contributed by atoms with Gasteiger partial charge in [0.15, 0.2) is 0 Å². The lowest BCUT2D eigenvalue weighted by Crippen LogP contribution is -2.50. The summed E-state index contributed by atoms with van der Waals surface area (Å²) in [7, 11) is 1.50. The molecule has 3 fully saturated rings. The average molecular weight is 527 g/mol. The summed E-state index contributed by atoms with van der Waals surface area (Å²) in [6.45, 7) is 5.67. The van der Waals surface area contributed by atoms with Crippen molar-refractivity contribution in [1.82, 2.24) is 20.5 Å². The van der Waals surface area contributed by atoms with Gasteiger partial charge in [-0.2, -0.15) is 0 Å². The van der Waals surface area contributed by atoms with Crippen molar-refractivity contribution in [2.45, 2.75) is 83.1 Å². The van der Waals surface area contributed by atoms with Gasteiger partial charge in [0.25, 0.3) is 5.91 Å². The van der Waals surface area contributed by atoms with E-state index in [2.05, 4.69) is 46.5 Å². The Morgan fingerprint density at radius 3 is 2.62 bits per heavy atom. The summed E-state index contributed by atoms with van der Waals surface area (Å²) in [6, 6.07) is 6.93. The molecule has 0 radical (unpaired) electrons. The normalized spacial score (nSPS) is 25.1. The van der Waals surface area contributed by atoms with Gasteiger partial charge in [-0.25, -0.2) is 4.98 Å². The number of benzene rings is 1. The molecule has 198 valence electrons. The minimum Gasteiger partial charge on any atom is -0.491 e. The first-order valence-electron chi connectivity index (χ1n) is 13.1. The quantitative estimate of drug-likeness (QED) is 0.541. The third-order valence-electron chi connectivity index (χ3n) is 8.20. The molecule has 1 aromatic heterocycles. The Balaban J connectivity index is 1.20. The van der Waals surface area contributed by atoms with Crippen LogP contribution in [-0.2, 0) is 11.3 Å². The van der Waals surface area contributed by atoms with Gasteiger partial charge in [-0.15, -0.1) is 0 Å². The molecule has 37 heavy (non-hydrogen) atoms. The van der Waals surface area contributed by atoms with Gasteiger partial charge in [0.2, 0.25) is 11.8 Å². The van der Waals surface area contributed by atoms with Gasteiger partial charge in [0, 0.05) is 37.3 Å². The lowest BCUT2D eigenvalue weighted by Gasteiger charge is -2.39. The van der Waals surface area contributed by atoms with Crippen LogP contribution < -0.4 is 20.1 Å². The Labute approximate surface area is 223 Å². The first-order chi connectivity index (χ1) is 17.8. The molecule has 8 nitrogen and oxygen atoms in total. The van der Waals surface area contributed by atoms with Crippen molar-refractivity contribution in [2.75, 3.05) is 13.7 Å². The number of halogens is 1. The number of pyridine rings is 1. The van der Waals surface area contributed by atoms with Crippen molar-refractivity contribution in [3.63, 3.8) is 0 Å². The van der Waals surface area contributed by atoms with E-state index in [1.807, 2.05) is 0 Å². The number of rotatable bonds is 8. The van der Waals surface area contributed by atoms with Gasteiger partial charge >= 0.3 is 0 Å². The van der Waals surface area contributed by atoms with Crippen LogP contribution >= 0.6 is 11.6 Å². The fourth-order valence-corrected chi connectivity index (χ4v) is 6.19. The Morgan fingerprint density at radius 1 is 1.19 bits per heavy atom. The van der Waals surface area contributed by atoms with Crippen LogP contribution in [0.1, 0.15) is 65.6 Å². The molecular weight excluding hydrogens is 492 g/mol. The number of amides is 2. The third-order valence-corrected chi connectivity index (χ3v) is 8.41. The summed E-state index contributed by atoms with van der Waals surface area (Å²) in [6.07, 6.45) is 7.02. The van der Waals surface area contributed by atoms with Crippen LogP contribution in [0.4, 0.5) is 0 Å². The minimum absolute atomic E-state index is 0.0977. The number of piperidine rings is 1. The van der Waals surface area contributed by atoms with Gasteiger partial charge < -0.3 is 20.1 Å². The zero-order chi connectivity index (χ0) is 26.1. The number of aromatic nitrogens is 1. The van der Waals surface area contributed by atoms with E-state index in [9.17, 15) is 9.59 Å². The molecular formula is C28H35ClN4O4. The molecule has 3 aliphatic heterocycles. The molecule has 2 N–H and O–H groups in total. The predicted octanol–water partition coefficient (Wildman–Crippen LogP) is 3.94. The number of methoxy groups -OCH3 is 1. The van der Waals surface area contributed by atoms with Crippen LogP contribution in [0.3, 0.4) is 0 Å². The van der Waals surface area contributed by atoms with E-state index in [-0.39, 0.29) is 29.8 Å². The van der Waals surface area contributed by atoms with Crippen molar-refractivity contribution in [3.05, 3.63) is 51.7 Å². The van der Waals surface area contributed by atoms with E-state index in [1.165, 1.54) is 24.4 Å². The van der Waals surface area contributed by atoms with Gasteiger partial charge in [-0.1, -0.05) is 17.7 Å². The number of carbonyl (C=O) groups excluding carboxylic acids is 2. The summed E-state index contributed by atoms with van der Waals surface area (Å²) in [5.41, 5.74) is 4.09. The second kappa shape index (κ2) is 10.9. The lowest BCUT2D eigenvalue weighted by molar-refractivity contribution is -0.119. The van der Waals surface area contributed by atoms with Crippen molar-refractivity contribution < 1.29 is 19.1 Å². The molecule has 3 saturated heterocycles. The maximum Gasteiger partial charge on any atom is 0.257 e. The van der Waals surface area contributed by atoms with Crippen LogP contribution in [0.5, 0.6) is 11.6 Å². The molecule has 2 bridgehead atoms. The standard InChI is InChI=1S/C28H35ClN4O4/c1-16-17(2)25(37-15-20-5-9-26(34)31-20)8-4-18(16)14-33-22-6-7-23(33)12-21(11-22)32-27(35)24-10-19(29)13-30-28(24)36-3/h4,8,10,13,20-23H,5-7,9,11-12,14-15H2,1-3H3,(H,31,34)(H,32,35)/t20-,21?,22?,23?/m1/s1. The topological polar surface area (TPSA) is 92.8 Å². The number of hydrogen-bond donors (Lipinski definition) is 2. The lowest BCUT2D eigenvalue weighted by atomic mass is 9.95. The summed E-state index contributed by atoms with van der Waals surface area (Å²) in [5.74, 6) is 1.09. The summed E-state index contributed by atoms with van der Waals surface area (Å²) < 4.78 is 11.3. The van der Waals surface area contributed by atoms with Crippen molar-refractivity contribution in [1.29, 1.82) is 0 Å². The fourth-order valence-electron chi connectivity index (χ4n) is 6.03. The first kappa shape index (κ1) is 25.8. The minimum atomic E-state index is -0.191. The summed E-state index contributed by atoms with van der Waals surface area (Å²) >= 11 is 6.07. The highest BCUT2D eigenvalue weighted by Gasteiger charge is 2.41. The highest BCUT2D eigenvalue weighted by atomic mass is 35.5. The zero-order valence-corrected chi connectivity index (χ0v) is 22.4. The molecule has 1 aromatic carbocycles. The van der Waals surface area contributed by atoms with Gasteiger partial charge in [0.05, 0.1) is 18.2 Å². The number of nitrogens with zero attached hydrogens (tertiary/aromatic N) is 2. The van der Waals surface area contributed by atoms with E-state index >= 15 is 0 Å². The average Bonchev–Trinajstić information content (AvgIpc) is 3.39. The van der Waals surface area contributed by atoms with Crippen LogP contribution in [0, 0.1) is 13.8 Å². The fraction of sp³-hybridized carbons (Fsp3) is 0.536. The smallest absolute Gasteiger partial charge is 0.257 e. The molecule has 2 unspecified atom stereocenters. The van der Waals surface area contributed by atoms with Gasteiger partial charge in [-0.05, 0) is 74.8 Å². The Morgan fingerprint density at radius 2 is 1.95 bits per heavy atom. The number of ether oxygens (including phenoxy) is 2. The van der Waals surface area contributed by atoms with E-state index in [4.69, 9.17) is 21.1 Å². The Hall–Kier alpha value is -2.84. The van der Waals surface area contributed by atoms with Gasteiger partial charge in [-0.3, -0.25) is 14.5 Å². The molecule has 3 atom stereocenters. The monoisotopic (exact) mass is 526 g/mol. The molecule has 5 rings (SSSR count). The molecule has 0 aliphatic carbocycles. The number of fused-ring (bicyclic) bond motifs is 2. The highest BCUT2D eigenvalue weighted by Crippen LogP contribution is 2.38. The summed E-state index contributed by atoms with van der Waals surface area (Å²) in [4.78, 5) is 31.2. The second-order valence-corrected chi connectivity index (χ2v) is 10.9. The van der Waals surface area contributed by atoms with Gasteiger partial charge in [0.1, 0.15) is 17.9 Å². The Kier molecular flexibility index (Phi) is 7.58. The maximum atomic E-state index is 13.0. The molecule has 3 aliphatic rings. The van der Waals surface area contributed by atoms with E-state index in [0.29, 0.717) is 35.7 Å². The van der Waals surface area contributed by atoms with Crippen molar-refractivity contribution in [3.8, 4) is 11.6 Å². The summed E-state index contributed by atoms with van der Waals surface area (Å²) in [5, 5.41) is 6.57. The van der Waals surface area contributed by atoms with Crippen LogP contribution in [0.15, 0.2) is 24.4 Å². The first-order valence-corrected chi connectivity index (χ1v) is 13.5. The zero-order valence-electron chi connectivity index (χ0n) is 21.7. The van der Waals surface area contributed by atoms with E-state index in [0.717, 1.165) is 50.0 Å². The second-order valence-electron chi connectivity index (χ2n) is 10.5. The SMILES string of the molecule is COc1ncc(Cl)cc1C(=O)NC1CC2CCC(C1)N2Cc1ccc(OC[C@H]2CCC(=O)N2)c(C)c1C. The highest BCUT2D eigenvalue weighted by molar-refractivity contribution is 6.30. The molecule has 9 heteroatoms. The van der Waals surface area contributed by atoms with Crippen LogP contribution in [0.25, 0.3) is 0 Å². The molecule has 2 aromatic rings. The predicted molar refractivity (Wildman–Crippen MR) is 141 cm³/mol. The molecule has 0 spiro atoms. The largest absolute Gasteiger partial charge is 0.491 e. The van der Waals surface area contributed by atoms with Crippen LogP contribution in [-0.4, -0.2) is 59.6 Å².